The highest BCUT2D eigenvalue weighted by atomic mass is 16.8. The molecule has 7 rings (SSSR count). The molecule has 66 heavy (non-hydrogen) atoms. The van der Waals surface area contributed by atoms with Gasteiger partial charge in [0.15, 0.2) is 35.3 Å². The molecule has 0 radical (unpaired) electrons. The van der Waals surface area contributed by atoms with Crippen LogP contribution in [-0.4, -0.2) is 182 Å². The number of esters is 1. The van der Waals surface area contributed by atoms with Gasteiger partial charge in [0.25, 0.3) is 0 Å². The van der Waals surface area contributed by atoms with Crippen molar-refractivity contribution in [3.05, 3.63) is 76.5 Å². The summed E-state index contributed by atoms with van der Waals surface area (Å²) in [5.41, 5.74) is -2.95. The van der Waals surface area contributed by atoms with Crippen molar-refractivity contribution in [2.24, 2.45) is 0 Å². The van der Waals surface area contributed by atoms with E-state index >= 15 is 0 Å². The maximum Gasteiger partial charge on any atom is 0.330 e. The molecular formula is C43H48O23. The summed E-state index contributed by atoms with van der Waals surface area (Å²) in [7, 11) is 2.65. The standard InChI is InChI=1S/C43H48O23/c1-57-21-12-23(47)29-25(13-21)62-36(19-5-7-20(8-6-19)61-40-35(54)33(52)30(49)26(14-44)63-40)37(32(29)51)65-41-38(34(53)31(50)27(15-45)64-41)66-42-39(55)43(56,17-60-42)16-59-28(48)10-4-18-3-9-22(46)24(11-18)58-2/h3-13,26-27,30-31,33-35,38-42,44-47,49-50,52-56H,14-17H2,1-2H3/b10-4+. The number of aliphatic hydroxyl groups is 9. The lowest BCUT2D eigenvalue weighted by Gasteiger charge is -2.42. The fraction of sp³-hybridized carbons (Fsp3) is 0.442. The van der Waals surface area contributed by atoms with Gasteiger partial charge in [0.05, 0.1) is 34.0 Å². The van der Waals surface area contributed by atoms with E-state index < -0.39 is 134 Å². The van der Waals surface area contributed by atoms with E-state index in [0.717, 1.165) is 12.1 Å². The van der Waals surface area contributed by atoms with Crippen molar-refractivity contribution in [1.29, 1.82) is 0 Å². The molecule has 4 aromatic rings. The predicted molar refractivity (Wildman–Crippen MR) is 219 cm³/mol. The first kappa shape index (κ1) is 48.3. The maximum atomic E-state index is 14.3. The second-order valence-electron chi connectivity index (χ2n) is 15.5. The summed E-state index contributed by atoms with van der Waals surface area (Å²) in [6.07, 6.45) is -18.6. The number of aromatic hydroxyl groups is 2. The molecule has 0 bridgehead atoms. The molecule has 3 saturated heterocycles. The van der Waals surface area contributed by atoms with Crippen molar-refractivity contribution in [3.8, 4) is 45.8 Å². The molecule has 11 N–H and O–H groups in total. The van der Waals surface area contributed by atoms with Crippen LogP contribution in [0.2, 0.25) is 0 Å². The average molecular weight is 933 g/mol. The number of phenols is 2. The number of ether oxygens (including phenoxy) is 9. The van der Waals surface area contributed by atoms with Crippen LogP contribution in [0.1, 0.15) is 5.56 Å². The first-order valence-corrected chi connectivity index (χ1v) is 20.1. The van der Waals surface area contributed by atoms with Gasteiger partial charge in [0.2, 0.25) is 23.8 Å². The quantitative estimate of drug-likeness (QED) is 0.0452. The Bertz CT molecular complexity index is 2420. The van der Waals surface area contributed by atoms with Gasteiger partial charge in [0.1, 0.15) is 83.7 Å². The number of rotatable bonds is 15. The first-order chi connectivity index (χ1) is 31.5. The molecule has 0 saturated carbocycles. The highest BCUT2D eigenvalue weighted by Gasteiger charge is 2.54. The van der Waals surface area contributed by atoms with Crippen LogP contribution < -0.4 is 24.4 Å². The number of carbonyl (C=O) groups is 1. The van der Waals surface area contributed by atoms with E-state index in [1.807, 2.05) is 0 Å². The lowest BCUT2D eigenvalue weighted by molar-refractivity contribution is -0.319. The molecule has 0 amide bonds. The summed E-state index contributed by atoms with van der Waals surface area (Å²) >= 11 is 0. The predicted octanol–water partition coefficient (Wildman–Crippen LogP) is -2.02. The van der Waals surface area contributed by atoms with Gasteiger partial charge in [-0.2, -0.15) is 0 Å². The Morgan fingerprint density at radius 2 is 1.45 bits per heavy atom. The number of hydrogen-bond acceptors (Lipinski definition) is 23. The molecule has 3 aliphatic heterocycles. The summed E-state index contributed by atoms with van der Waals surface area (Å²) in [4.78, 5) is 26.9. The van der Waals surface area contributed by atoms with Crippen LogP contribution in [0, 0.1) is 0 Å². The number of methoxy groups -OCH3 is 2. The molecule has 3 aliphatic rings. The third kappa shape index (κ3) is 9.75. The normalized spacial score (nSPS) is 31.2. The molecule has 13 atom stereocenters. The van der Waals surface area contributed by atoms with Crippen LogP contribution in [0.5, 0.6) is 34.5 Å². The minimum atomic E-state index is -2.29. The molecule has 358 valence electrons. The van der Waals surface area contributed by atoms with E-state index in [1.165, 1.54) is 68.8 Å². The summed E-state index contributed by atoms with van der Waals surface area (Å²) in [5, 5.41) is 115. The van der Waals surface area contributed by atoms with Crippen molar-refractivity contribution in [3.63, 3.8) is 0 Å². The minimum absolute atomic E-state index is 0.0245. The van der Waals surface area contributed by atoms with Crippen LogP contribution in [0.15, 0.2) is 69.9 Å². The van der Waals surface area contributed by atoms with Crippen molar-refractivity contribution in [2.75, 3.05) is 40.6 Å². The summed E-state index contributed by atoms with van der Waals surface area (Å²) in [5.74, 6) is -2.42. The number of hydrogen-bond donors (Lipinski definition) is 11. The molecule has 0 aliphatic carbocycles. The number of phenolic OH excluding ortho intramolecular Hbond substituents is 2. The van der Waals surface area contributed by atoms with Gasteiger partial charge in [-0.1, -0.05) is 6.07 Å². The van der Waals surface area contributed by atoms with Gasteiger partial charge < -0.3 is 103 Å². The van der Waals surface area contributed by atoms with E-state index in [1.54, 1.807) is 0 Å². The Balaban J connectivity index is 1.15. The first-order valence-electron chi connectivity index (χ1n) is 20.1. The fourth-order valence-corrected chi connectivity index (χ4v) is 7.33. The smallest absolute Gasteiger partial charge is 0.330 e. The highest BCUT2D eigenvalue weighted by Crippen LogP contribution is 2.39. The molecule has 3 fully saturated rings. The van der Waals surface area contributed by atoms with Gasteiger partial charge in [-0.15, -0.1) is 0 Å². The zero-order valence-electron chi connectivity index (χ0n) is 34.9. The Labute approximate surface area is 372 Å². The van der Waals surface area contributed by atoms with E-state index in [2.05, 4.69) is 0 Å². The van der Waals surface area contributed by atoms with Crippen molar-refractivity contribution < 1.29 is 108 Å². The van der Waals surface area contributed by atoms with E-state index in [-0.39, 0.29) is 39.9 Å². The maximum absolute atomic E-state index is 14.3. The zero-order chi connectivity index (χ0) is 47.6. The topological polar surface area (TPSA) is 353 Å². The molecule has 0 spiro atoms. The largest absolute Gasteiger partial charge is 0.507 e. The van der Waals surface area contributed by atoms with Crippen LogP contribution in [0.25, 0.3) is 28.4 Å². The summed E-state index contributed by atoms with van der Waals surface area (Å²) in [6, 6.07) is 12.1. The van der Waals surface area contributed by atoms with Crippen LogP contribution in [0.4, 0.5) is 0 Å². The van der Waals surface area contributed by atoms with E-state index in [9.17, 15) is 65.8 Å². The molecule has 4 heterocycles. The van der Waals surface area contributed by atoms with Crippen molar-refractivity contribution >= 4 is 23.0 Å². The minimum Gasteiger partial charge on any atom is -0.507 e. The lowest BCUT2D eigenvalue weighted by Crippen LogP contribution is -2.62. The van der Waals surface area contributed by atoms with Crippen molar-refractivity contribution in [2.45, 2.75) is 79.4 Å². The monoisotopic (exact) mass is 932 g/mol. The molecule has 1 aromatic heterocycles. The van der Waals surface area contributed by atoms with E-state index in [4.69, 9.17) is 47.0 Å². The second kappa shape index (κ2) is 20.1. The Kier molecular flexibility index (Phi) is 14.7. The third-order valence-corrected chi connectivity index (χ3v) is 11.1. The average Bonchev–Trinajstić information content (AvgIpc) is 3.59. The lowest BCUT2D eigenvalue weighted by atomic mass is 9.98. The van der Waals surface area contributed by atoms with Crippen LogP contribution >= 0.6 is 0 Å². The summed E-state index contributed by atoms with van der Waals surface area (Å²) < 4.78 is 55.9. The fourth-order valence-electron chi connectivity index (χ4n) is 7.33. The molecule has 23 heteroatoms. The number of aliphatic hydroxyl groups excluding tert-OH is 8. The van der Waals surface area contributed by atoms with E-state index in [0.29, 0.717) is 5.56 Å². The third-order valence-electron chi connectivity index (χ3n) is 11.1. The Hall–Kier alpha value is -5.64. The summed E-state index contributed by atoms with van der Waals surface area (Å²) in [6.45, 7) is -3.09. The molecular weight excluding hydrogens is 884 g/mol. The number of benzene rings is 3. The van der Waals surface area contributed by atoms with Gasteiger partial charge >= 0.3 is 5.97 Å². The van der Waals surface area contributed by atoms with Gasteiger partial charge in [-0.05, 0) is 48.0 Å². The Morgan fingerprint density at radius 1 is 0.773 bits per heavy atom. The second-order valence-corrected chi connectivity index (χ2v) is 15.5. The van der Waals surface area contributed by atoms with Gasteiger partial charge in [0, 0.05) is 23.8 Å². The van der Waals surface area contributed by atoms with Crippen molar-refractivity contribution in [1.82, 2.24) is 0 Å². The highest BCUT2D eigenvalue weighted by molar-refractivity contribution is 5.88. The molecule has 23 nitrogen and oxygen atoms in total. The SMILES string of the molecule is COc1cc(O)c2c(=O)c(OC3OC(CO)C(O)C(O)C3OC3OCC(O)(COC(=O)/C=C/c4ccc(O)c(OC)c4)C3O)c(-c3ccc(OC4OC(CO)C(O)C(O)C4O)cc3)oc2c1. The number of carbonyl (C=O) groups excluding carboxylic acids is 1. The number of fused-ring (bicyclic) bond motifs is 1. The zero-order valence-corrected chi connectivity index (χ0v) is 34.9. The molecule has 3 aromatic carbocycles. The van der Waals surface area contributed by atoms with Gasteiger partial charge in [-0.3, -0.25) is 4.79 Å². The van der Waals surface area contributed by atoms with Gasteiger partial charge in [-0.25, -0.2) is 4.79 Å². The molecule has 13 unspecified atom stereocenters. The van der Waals surface area contributed by atoms with Crippen LogP contribution in [0.3, 0.4) is 0 Å². The Morgan fingerprint density at radius 3 is 2.12 bits per heavy atom. The van der Waals surface area contributed by atoms with Crippen LogP contribution in [-0.2, 0) is 28.5 Å².